The number of benzene rings is 1. The zero-order valence-electron chi connectivity index (χ0n) is 26.6. The summed E-state index contributed by atoms with van der Waals surface area (Å²) < 4.78 is 5.81. The minimum Gasteiger partial charge on any atom is -0.462 e. The lowest BCUT2D eigenvalue weighted by Gasteiger charge is -2.61. The molecule has 9 atom stereocenters. The number of para-hydroxylation sites is 1. The monoisotopic (exact) mass is 547 g/mol. The highest BCUT2D eigenvalue weighted by molar-refractivity contribution is 5.66. The highest BCUT2D eigenvalue weighted by Gasteiger charge is 2.62. The smallest absolute Gasteiger partial charge is 0.302 e. The van der Waals surface area contributed by atoms with Crippen molar-refractivity contribution in [3.63, 3.8) is 0 Å². The Morgan fingerprint density at radius 2 is 1.75 bits per heavy atom. The molecule has 0 radical (unpaired) electrons. The summed E-state index contributed by atoms with van der Waals surface area (Å²) >= 11 is 0. The molecule has 0 bridgehead atoms. The molecule has 0 unspecified atom stereocenters. The SMILES string of the molecule is CCN(c1ccccc1)[C@@H]1C=C2C[C@@H](OC(C)=O)CC[C@]2(C)[C@H]2CC[C@]3(C)[C@@H]([C@@H](C)CCCC(C)C)CC[C@H]3[C@H]12. The Kier molecular flexibility index (Phi) is 8.80. The Morgan fingerprint density at radius 3 is 2.42 bits per heavy atom. The second-order valence-electron chi connectivity index (χ2n) is 15.0. The van der Waals surface area contributed by atoms with Crippen LogP contribution in [0.4, 0.5) is 5.69 Å². The zero-order chi connectivity index (χ0) is 28.7. The number of hydrogen-bond acceptors (Lipinski definition) is 3. The van der Waals surface area contributed by atoms with Crippen LogP contribution in [0.1, 0.15) is 113 Å². The van der Waals surface area contributed by atoms with Crippen molar-refractivity contribution in [1.82, 2.24) is 0 Å². The molecule has 1 aromatic rings. The number of anilines is 1. The van der Waals surface area contributed by atoms with Crippen LogP contribution in [0.2, 0.25) is 0 Å². The summed E-state index contributed by atoms with van der Waals surface area (Å²) in [6.45, 7) is 17.5. The van der Waals surface area contributed by atoms with Gasteiger partial charge in [0.15, 0.2) is 0 Å². The second kappa shape index (κ2) is 11.8. The Balaban J connectivity index is 1.50. The molecule has 0 heterocycles. The first-order valence-corrected chi connectivity index (χ1v) is 16.8. The highest BCUT2D eigenvalue weighted by atomic mass is 16.5. The van der Waals surface area contributed by atoms with Gasteiger partial charge in [-0.1, -0.05) is 83.7 Å². The fourth-order valence-electron chi connectivity index (χ4n) is 10.5. The van der Waals surface area contributed by atoms with E-state index in [-0.39, 0.29) is 17.5 Å². The van der Waals surface area contributed by atoms with Gasteiger partial charge in [0.05, 0.1) is 6.04 Å². The lowest BCUT2D eigenvalue weighted by Crippen LogP contribution is -2.59. The van der Waals surface area contributed by atoms with Crippen LogP contribution in [0.25, 0.3) is 0 Å². The first kappa shape index (κ1) is 29.7. The molecule has 4 aliphatic carbocycles. The third-order valence-electron chi connectivity index (χ3n) is 12.4. The van der Waals surface area contributed by atoms with Crippen LogP contribution in [0.15, 0.2) is 42.0 Å². The van der Waals surface area contributed by atoms with Crippen LogP contribution in [-0.4, -0.2) is 24.7 Å². The van der Waals surface area contributed by atoms with E-state index < -0.39 is 0 Å². The molecule has 0 spiro atoms. The normalized spacial score (nSPS) is 37.6. The van der Waals surface area contributed by atoms with Crippen molar-refractivity contribution < 1.29 is 9.53 Å². The zero-order valence-corrected chi connectivity index (χ0v) is 26.6. The molecular formula is C37H57NO2. The van der Waals surface area contributed by atoms with Gasteiger partial charge in [0.2, 0.25) is 0 Å². The summed E-state index contributed by atoms with van der Waals surface area (Å²) in [5.41, 5.74) is 3.61. The van der Waals surface area contributed by atoms with Crippen molar-refractivity contribution in [2.24, 2.45) is 46.3 Å². The Hall–Kier alpha value is -1.77. The maximum absolute atomic E-state index is 11.9. The van der Waals surface area contributed by atoms with Gasteiger partial charge in [0.1, 0.15) is 6.10 Å². The molecule has 1 aromatic carbocycles. The van der Waals surface area contributed by atoms with Crippen molar-refractivity contribution in [3.8, 4) is 0 Å². The van der Waals surface area contributed by atoms with Crippen molar-refractivity contribution in [2.75, 3.05) is 11.4 Å². The van der Waals surface area contributed by atoms with E-state index in [2.05, 4.69) is 82.9 Å². The third-order valence-corrected chi connectivity index (χ3v) is 12.4. The van der Waals surface area contributed by atoms with Gasteiger partial charge in [0.25, 0.3) is 0 Å². The number of nitrogens with zero attached hydrogens (tertiary/aromatic N) is 1. The maximum atomic E-state index is 11.9. The van der Waals surface area contributed by atoms with E-state index in [0.29, 0.717) is 23.3 Å². The average Bonchev–Trinajstić information content (AvgIpc) is 3.27. The molecule has 3 heteroatoms. The molecule has 0 saturated heterocycles. The summed E-state index contributed by atoms with van der Waals surface area (Å²) in [5.74, 6) is 4.54. The lowest BCUT2D eigenvalue weighted by atomic mass is 9.45. The van der Waals surface area contributed by atoms with Crippen LogP contribution < -0.4 is 4.90 Å². The number of ether oxygens (including phenoxy) is 1. The summed E-state index contributed by atoms with van der Waals surface area (Å²) in [7, 11) is 0. The number of likely N-dealkylation sites (N-methyl/N-ethyl adjacent to an activating group) is 1. The van der Waals surface area contributed by atoms with E-state index in [9.17, 15) is 4.79 Å². The van der Waals surface area contributed by atoms with E-state index in [1.807, 2.05) is 0 Å². The molecule has 0 aromatic heterocycles. The Morgan fingerprint density at radius 1 is 1.00 bits per heavy atom. The van der Waals surface area contributed by atoms with E-state index in [1.54, 1.807) is 12.5 Å². The first-order chi connectivity index (χ1) is 19.1. The van der Waals surface area contributed by atoms with E-state index >= 15 is 0 Å². The minimum absolute atomic E-state index is 0.0391. The summed E-state index contributed by atoms with van der Waals surface area (Å²) in [6.07, 6.45) is 15.5. The Bertz CT molecular complexity index is 1050. The number of carbonyl (C=O) groups excluding carboxylic acids is 1. The number of esters is 1. The maximum Gasteiger partial charge on any atom is 0.302 e. The molecule has 3 fully saturated rings. The van der Waals surface area contributed by atoms with Gasteiger partial charge in [-0.25, -0.2) is 0 Å². The molecule has 40 heavy (non-hydrogen) atoms. The van der Waals surface area contributed by atoms with Crippen LogP contribution in [0.3, 0.4) is 0 Å². The first-order valence-electron chi connectivity index (χ1n) is 16.8. The number of fused-ring (bicyclic) bond motifs is 5. The van der Waals surface area contributed by atoms with Gasteiger partial charge < -0.3 is 9.64 Å². The molecular weight excluding hydrogens is 490 g/mol. The highest BCUT2D eigenvalue weighted by Crippen LogP contribution is 2.68. The molecule has 0 amide bonds. The predicted molar refractivity (Wildman–Crippen MR) is 167 cm³/mol. The van der Waals surface area contributed by atoms with Gasteiger partial charge in [-0.05, 0) is 104 Å². The van der Waals surface area contributed by atoms with Gasteiger partial charge in [0, 0.05) is 25.6 Å². The fourth-order valence-corrected chi connectivity index (χ4v) is 10.5. The van der Waals surface area contributed by atoms with Crippen LogP contribution in [0, 0.1) is 46.3 Å². The van der Waals surface area contributed by atoms with Crippen molar-refractivity contribution in [2.45, 2.75) is 125 Å². The minimum atomic E-state index is -0.133. The predicted octanol–water partition coefficient (Wildman–Crippen LogP) is 9.46. The molecule has 4 aliphatic rings. The molecule has 222 valence electrons. The molecule has 0 aliphatic heterocycles. The topological polar surface area (TPSA) is 29.5 Å². The molecule has 0 N–H and O–H groups in total. The quantitative estimate of drug-likeness (QED) is 0.228. The lowest BCUT2D eigenvalue weighted by molar-refractivity contribution is -0.148. The van der Waals surface area contributed by atoms with E-state index in [0.717, 1.165) is 49.5 Å². The van der Waals surface area contributed by atoms with E-state index in [1.165, 1.54) is 50.6 Å². The van der Waals surface area contributed by atoms with Gasteiger partial charge in [-0.2, -0.15) is 0 Å². The van der Waals surface area contributed by atoms with Crippen molar-refractivity contribution in [3.05, 3.63) is 42.0 Å². The largest absolute Gasteiger partial charge is 0.462 e. The van der Waals surface area contributed by atoms with Crippen molar-refractivity contribution in [1.29, 1.82) is 0 Å². The summed E-state index contributed by atoms with van der Waals surface area (Å²) in [6, 6.07) is 11.6. The Labute approximate surface area is 245 Å². The van der Waals surface area contributed by atoms with Crippen LogP contribution in [0.5, 0.6) is 0 Å². The third kappa shape index (κ3) is 5.40. The number of carbonyl (C=O) groups is 1. The van der Waals surface area contributed by atoms with Crippen molar-refractivity contribution >= 4 is 11.7 Å². The average molecular weight is 548 g/mol. The van der Waals surface area contributed by atoms with Crippen LogP contribution in [-0.2, 0) is 9.53 Å². The number of hydrogen-bond donors (Lipinski definition) is 0. The van der Waals surface area contributed by atoms with Gasteiger partial charge in [-0.15, -0.1) is 0 Å². The van der Waals surface area contributed by atoms with E-state index in [4.69, 9.17) is 4.74 Å². The number of rotatable bonds is 9. The summed E-state index contributed by atoms with van der Waals surface area (Å²) in [5, 5.41) is 0. The second-order valence-corrected chi connectivity index (χ2v) is 15.0. The van der Waals surface area contributed by atoms with Gasteiger partial charge >= 0.3 is 5.97 Å². The fraction of sp³-hybridized carbons (Fsp3) is 0.757. The molecule has 5 rings (SSSR count). The van der Waals surface area contributed by atoms with Gasteiger partial charge in [-0.3, -0.25) is 4.79 Å². The summed E-state index contributed by atoms with van der Waals surface area (Å²) in [4.78, 5) is 14.6. The molecule has 3 nitrogen and oxygen atoms in total. The standard InChI is InChI=1S/C37H57NO2/c1-8-38(29-15-10-9-11-16-29)34-24-28-23-30(40-27(5)39)19-21-36(28,6)33-20-22-37(7)31(17-18-32(37)35(33)34)26(4)14-12-13-25(2)3/h9-11,15-16,24-26,30-35H,8,12-14,17-23H2,1-7H3/t26-,30-,31+,32-,33-,34+,35-,36-,37+/m0/s1. The molecule has 3 saturated carbocycles. The van der Waals surface area contributed by atoms with Crippen LogP contribution >= 0.6 is 0 Å².